The first-order valence-corrected chi connectivity index (χ1v) is 7.27. The van der Waals surface area contributed by atoms with E-state index in [2.05, 4.69) is 12.0 Å². The number of nitriles is 1. The molecule has 2 aromatic rings. The summed E-state index contributed by atoms with van der Waals surface area (Å²) in [5, 5.41) is 20.2. The van der Waals surface area contributed by atoms with Crippen LogP contribution in [-0.2, 0) is 0 Å². The van der Waals surface area contributed by atoms with Crippen molar-refractivity contribution in [2.45, 2.75) is 0 Å². The van der Waals surface area contributed by atoms with Crippen LogP contribution in [0.5, 0.6) is 11.5 Å². The molecule has 0 aliphatic rings. The van der Waals surface area contributed by atoms with Gasteiger partial charge in [-0.3, -0.25) is 0 Å². The van der Waals surface area contributed by atoms with E-state index >= 15 is 0 Å². The number of methoxy groups -OCH3 is 1. The molecule has 0 atom stereocenters. The van der Waals surface area contributed by atoms with Crippen LogP contribution in [0.25, 0.3) is 11.6 Å². The summed E-state index contributed by atoms with van der Waals surface area (Å²) in [6.45, 7) is 0.125. The lowest BCUT2D eigenvalue weighted by Gasteiger charge is -2.09. The highest BCUT2D eigenvalue weighted by atomic mass is 16.5. The summed E-state index contributed by atoms with van der Waals surface area (Å²) in [5.74, 6) is 2.12. The first-order valence-electron chi connectivity index (χ1n) is 7.27. The van der Waals surface area contributed by atoms with Gasteiger partial charge in [0.05, 0.1) is 24.7 Å². The minimum atomic E-state index is -1.26. The maximum absolute atomic E-state index is 10.8. The Morgan fingerprint density at radius 3 is 2.44 bits per heavy atom. The topological polar surface area (TPSA) is 82.4 Å². The molecule has 124 valence electrons. The highest BCUT2D eigenvalue weighted by Crippen LogP contribution is 2.29. The Hall–Kier alpha value is -3.70. The van der Waals surface area contributed by atoms with Gasteiger partial charge in [-0.05, 0) is 34.9 Å². The second kappa shape index (κ2) is 8.24. The third-order valence-corrected chi connectivity index (χ3v) is 3.36. The number of nitrogens with zero attached hydrogens (tertiary/aromatic N) is 1. The van der Waals surface area contributed by atoms with Gasteiger partial charge in [-0.2, -0.15) is 5.26 Å². The maximum Gasteiger partial charge on any atom is 0.162 e. The summed E-state index contributed by atoms with van der Waals surface area (Å²) in [6, 6.07) is 13.2. The van der Waals surface area contributed by atoms with Gasteiger partial charge in [0, 0.05) is 0 Å². The van der Waals surface area contributed by atoms with E-state index in [1.165, 1.54) is 19.2 Å². The SMILES string of the molecule is C#CCOc1ccc(/C=C(/C#N)c2ccc(C(=O)[O-])cc2)cc1OC. The van der Waals surface area contributed by atoms with E-state index in [0.717, 1.165) is 5.56 Å². The summed E-state index contributed by atoms with van der Waals surface area (Å²) in [4.78, 5) is 10.8. The van der Waals surface area contributed by atoms with Crippen molar-refractivity contribution in [3.63, 3.8) is 0 Å². The normalized spacial score (nSPS) is 10.4. The molecule has 2 rings (SSSR count). The van der Waals surface area contributed by atoms with Crippen molar-refractivity contribution in [2.24, 2.45) is 0 Å². The fourth-order valence-corrected chi connectivity index (χ4v) is 2.15. The molecule has 0 radical (unpaired) electrons. The number of carboxylic acids is 1. The quantitative estimate of drug-likeness (QED) is 0.460. The third kappa shape index (κ3) is 4.40. The molecule has 25 heavy (non-hydrogen) atoms. The Bertz CT molecular complexity index is 883. The van der Waals surface area contributed by atoms with Gasteiger partial charge >= 0.3 is 0 Å². The number of carbonyl (C=O) groups excluding carboxylic acids is 1. The van der Waals surface area contributed by atoms with Gasteiger partial charge in [-0.25, -0.2) is 0 Å². The lowest BCUT2D eigenvalue weighted by atomic mass is 10.0. The van der Waals surface area contributed by atoms with Crippen LogP contribution in [0.1, 0.15) is 21.5 Å². The summed E-state index contributed by atoms with van der Waals surface area (Å²) in [7, 11) is 1.51. The Balaban J connectivity index is 2.34. The molecule has 0 spiro atoms. The number of benzene rings is 2. The molecular weight excluding hydrogens is 318 g/mol. The van der Waals surface area contributed by atoms with Crippen LogP contribution >= 0.6 is 0 Å². The predicted molar refractivity (Wildman–Crippen MR) is 91.6 cm³/mol. The van der Waals surface area contributed by atoms with Crippen LogP contribution in [0.3, 0.4) is 0 Å². The maximum atomic E-state index is 10.8. The molecule has 0 heterocycles. The average molecular weight is 332 g/mol. The zero-order valence-corrected chi connectivity index (χ0v) is 13.5. The highest BCUT2D eigenvalue weighted by molar-refractivity contribution is 5.91. The van der Waals surface area contributed by atoms with Crippen molar-refractivity contribution in [3.8, 4) is 29.9 Å². The lowest BCUT2D eigenvalue weighted by molar-refractivity contribution is -0.255. The van der Waals surface area contributed by atoms with E-state index in [1.54, 1.807) is 36.4 Å². The molecule has 0 saturated heterocycles. The summed E-state index contributed by atoms with van der Waals surface area (Å²) in [5.41, 5.74) is 1.76. The number of carboxylic acid groups (broad SMARTS) is 1. The van der Waals surface area contributed by atoms with E-state index in [4.69, 9.17) is 15.9 Å². The molecule has 0 N–H and O–H groups in total. The number of carbonyl (C=O) groups is 1. The van der Waals surface area contributed by atoms with Crippen LogP contribution in [0.4, 0.5) is 0 Å². The number of ether oxygens (including phenoxy) is 2. The molecule has 0 aliphatic heterocycles. The average Bonchev–Trinajstić information content (AvgIpc) is 2.64. The van der Waals surface area contributed by atoms with Crippen molar-refractivity contribution in [1.29, 1.82) is 5.26 Å². The first-order chi connectivity index (χ1) is 12.1. The van der Waals surface area contributed by atoms with Crippen LogP contribution in [0, 0.1) is 23.7 Å². The van der Waals surface area contributed by atoms with Gasteiger partial charge in [0.1, 0.15) is 6.61 Å². The van der Waals surface area contributed by atoms with Gasteiger partial charge in [-0.15, -0.1) is 6.42 Å². The van der Waals surface area contributed by atoms with E-state index < -0.39 is 5.97 Å². The van der Waals surface area contributed by atoms with Gasteiger partial charge in [0.25, 0.3) is 0 Å². The fourth-order valence-electron chi connectivity index (χ4n) is 2.15. The van der Waals surface area contributed by atoms with Gasteiger partial charge in [0.15, 0.2) is 11.5 Å². The molecular formula is C20H14NO4-. The second-order valence-electron chi connectivity index (χ2n) is 4.94. The van der Waals surface area contributed by atoms with Crippen molar-refractivity contribution in [3.05, 3.63) is 59.2 Å². The third-order valence-electron chi connectivity index (χ3n) is 3.36. The van der Waals surface area contributed by atoms with Crippen LogP contribution in [-0.4, -0.2) is 19.7 Å². The van der Waals surface area contributed by atoms with Gasteiger partial charge in [0.2, 0.25) is 0 Å². The molecule has 0 amide bonds. The molecule has 0 saturated carbocycles. The number of terminal acetylenes is 1. The summed E-state index contributed by atoms with van der Waals surface area (Å²) >= 11 is 0. The molecule has 0 bridgehead atoms. The van der Waals surface area contributed by atoms with Crippen molar-refractivity contribution in [1.82, 2.24) is 0 Å². The van der Waals surface area contributed by atoms with Gasteiger partial charge in [-0.1, -0.05) is 36.3 Å². The number of hydrogen-bond acceptors (Lipinski definition) is 5. The second-order valence-corrected chi connectivity index (χ2v) is 4.94. The number of allylic oxidation sites excluding steroid dienone is 1. The van der Waals surface area contributed by atoms with E-state index in [0.29, 0.717) is 22.6 Å². The number of aromatic carboxylic acids is 1. The van der Waals surface area contributed by atoms with Gasteiger partial charge < -0.3 is 19.4 Å². The number of hydrogen-bond donors (Lipinski definition) is 0. The highest BCUT2D eigenvalue weighted by Gasteiger charge is 2.07. The Morgan fingerprint density at radius 1 is 1.20 bits per heavy atom. The minimum absolute atomic E-state index is 0.0534. The molecule has 0 fully saturated rings. The molecule has 0 aliphatic carbocycles. The zero-order chi connectivity index (χ0) is 18.2. The molecule has 2 aromatic carbocycles. The molecule has 0 aromatic heterocycles. The molecule has 0 unspecified atom stereocenters. The van der Waals surface area contributed by atoms with Crippen molar-refractivity contribution >= 4 is 17.6 Å². The monoisotopic (exact) mass is 332 g/mol. The largest absolute Gasteiger partial charge is 0.545 e. The fraction of sp³-hybridized carbons (Fsp3) is 0.100. The van der Waals surface area contributed by atoms with E-state index in [9.17, 15) is 15.2 Å². The van der Waals surface area contributed by atoms with Crippen LogP contribution in [0.15, 0.2) is 42.5 Å². The summed E-state index contributed by atoms with van der Waals surface area (Å²) < 4.78 is 10.6. The lowest BCUT2D eigenvalue weighted by Crippen LogP contribution is -2.21. The van der Waals surface area contributed by atoms with Crippen LogP contribution in [0.2, 0.25) is 0 Å². The zero-order valence-electron chi connectivity index (χ0n) is 13.5. The van der Waals surface area contributed by atoms with E-state index in [1.807, 2.05) is 0 Å². The van der Waals surface area contributed by atoms with Crippen molar-refractivity contribution < 1.29 is 19.4 Å². The summed E-state index contributed by atoms with van der Waals surface area (Å²) in [6.07, 6.45) is 6.84. The Kier molecular flexibility index (Phi) is 5.81. The first kappa shape index (κ1) is 17.7. The van der Waals surface area contributed by atoms with E-state index in [-0.39, 0.29) is 12.2 Å². The Labute approximate surface area is 145 Å². The number of rotatable bonds is 6. The van der Waals surface area contributed by atoms with Crippen molar-refractivity contribution in [2.75, 3.05) is 13.7 Å². The standard InChI is InChI=1S/C20H15NO4/c1-3-10-25-18-9-4-14(12-19(18)24-2)11-17(13-21)15-5-7-16(8-6-15)20(22)23/h1,4-9,11-12H,10H2,2H3,(H,22,23)/p-1/b17-11-. The van der Waals surface area contributed by atoms with Crippen LogP contribution < -0.4 is 14.6 Å². The Morgan fingerprint density at radius 2 is 1.88 bits per heavy atom. The smallest absolute Gasteiger partial charge is 0.162 e. The predicted octanol–water partition coefficient (Wildman–Crippen LogP) is 2.13. The molecule has 5 nitrogen and oxygen atoms in total. The molecule has 5 heteroatoms. The minimum Gasteiger partial charge on any atom is -0.545 e.